The fraction of sp³-hybridized carbons (Fsp3) is 0.250. The number of carbonyl (C=O) groups is 1. The van der Waals surface area contributed by atoms with Gasteiger partial charge in [0.15, 0.2) is 0 Å². The van der Waals surface area contributed by atoms with Crippen molar-refractivity contribution in [2.75, 3.05) is 12.3 Å². The molecule has 0 saturated heterocycles. The number of amides is 1. The molecule has 2 N–H and O–H groups in total. The third kappa shape index (κ3) is 1.86. The molecule has 1 aliphatic rings. The summed E-state index contributed by atoms with van der Waals surface area (Å²) in [6, 6.07) is 5.89. The number of carbonyl (C=O) groups excluding carboxylic acids is 1. The largest absolute Gasteiger partial charge is 0.399 e. The Hall–Kier alpha value is -1.77. The lowest BCUT2D eigenvalue weighted by molar-refractivity contribution is -0.126. The summed E-state index contributed by atoms with van der Waals surface area (Å²) in [6.45, 7) is 4.90. The van der Waals surface area contributed by atoms with Crippen LogP contribution in [0.25, 0.3) is 0 Å². The maximum atomic E-state index is 11.4. The molecule has 15 heavy (non-hydrogen) atoms. The van der Waals surface area contributed by atoms with E-state index >= 15 is 0 Å². The zero-order valence-electron chi connectivity index (χ0n) is 8.57. The fourth-order valence-corrected chi connectivity index (χ4v) is 1.89. The van der Waals surface area contributed by atoms with Crippen LogP contribution in [0.5, 0.6) is 0 Å². The molecule has 0 unspecified atom stereocenters. The Balaban J connectivity index is 2.25. The molecule has 78 valence electrons. The molecule has 0 atom stereocenters. The molecule has 1 aliphatic heterocycles. The molecule has 2 rings (SSSR count). The van der Waals surface area contributed by atoms with Crippen LogP contribution >= 0.6 is 0 Å². The van der Waals surface area contributed by atoms with Gasteiger partial charge in [-0.3, -0.25) is 4.79 Å². The van der Waals surface area contributed by atoms with Crippen molar-refractivity contribution in [2.45, 2.75) is 13.0 Å². The highest BCUT2D eigenvalue weighted by atomic mass is 16.2. The van der Waals surface area contributed by atoms with Crippen molar-refractivity contribution in [3.8, 4) is 0 Å². The normalized spacial score (nSPS) is 14.5. The first kappa shape index (κ1) is 9.77. The number of hydrogen-bond acceptors (Lipinski definition) is 2. The second-order valence-electron chi connectivity index (χ2n) is 3.74. The van der Waals surface area contributed by atoms with E-state index in [1.807, 2.05) is 18.2 Å². The zero-order valence-corrected chi connectivity index (χ0v) is 8.57. The van der Waals surface area contributed by atoms with Gasteiger partial charge < -0.3 is 10.6 Å². The van der Waals surface area contributed by atoms with Crippen molar-refractivity contribution in [3.05, 3.63) is 42.0 Å². The van der Waals surface area contributed by atoms with Gasteiger partial charge in [0.25, 0.3) is 0 Å². The molecule has 0 aliphatic carbocycles. The molecule has 1 aromatic carbocycles. The van der Waals surface area contributed by atoms with Crippen molar-refractivity contribution >= 4 is 11.6 Å². The molecular weight excluding hydrogens is 188 g/mol. The Kier molecular flexibility index (Phi) is 2.46. The molecule has 0 saturated carbocycles. The summed E-state index contributed by atoms with van der Waals surface area (Å²) < 4.78 is 0. The quantitative estimate of drug-likeness (QED) is 0.551. The van der Waals surface area contributed by atoms with Gasteiger partial charge in [0.05, 0.1) is 0 Å². The average Bonchev–Trinajstić information content (AvgIpc) is 2.27. The Morgan fingerprint density at radius 3 is 3.00 bits per heavy atom. The minimum Gasteiger partial charge on any atom is -0.399 e. The second kappa shape index (κ2) is 3.77. The highest BCUT2D eigenvalue weighted by Gasteiger charge is 2.18. The minimum absolute atomic E-state index is 0.0110. The zero-order chi connectivity index (χ0) is 10.8. The minimum atomic E-state index is -0.0110. The molecular formula is C12H14N2O. The van der Waals surface area contributed by atoms with Crippen LogP contribution in [0.3, 0.4) is 0 Å². The summed E-state index contributed by atoms with van der Waals surface area (Å²) in [5.41, 5.74) is 8.90. The summed E-state index contributed by atoms with van der Waals surface area (Å²) >= 11 is 0. The van der Waals surface area contributed by atoms with Gasteiger partial charge in [-0.1, -0.05) is 12.6 Å². The lowest BCUT2D eigenvalue weighted by Crippen LogP contribution is -2.34. The van der Waals surface area contributed by atoms with E-state index in [-0.39, 0.29) is 5.91 Å². The lowest BCUT2D eigenvalue weighted by atomic mass is 9.99. The van der Waals surface area contributed by atoms with Gasteiger partial charge in [-0.2, -0.15) is 0 Å². The van der Waals surface area contributed by atoms with Gasteiger partial charge in [-0.15, -0.1) is 0 Å². The number of anilines is 1. The van der Waals surface area contributed by atoms with Crippen LogP contribution < -0.4 is 5.73 Å². The van der Waals surface area contributed by atoms with Crippen molar-refractivity contribution in [1.82, 2.24) is 4.90 Å². The maximum Gasteiger partial charge on any atom is 0.246 e. The molecule has 1 aromatic rings. The standard InChI is InChI=1S/C12H14N2O/c1-2-12(15)14-6-5-9-3-4-11(13)7-10(9)8-14/h2-4,7H,1,5-6,8,13H2. The van der Waals surface area contributed by atoms with Gasteiger partial charge in [-0.25, -0.2) is 0 Å². The van der Waals surface area contributed by atoms with E-state index in [0.29, 0.717) is 6.54 Å². The Morgan fingerprint density at radius 2 is 2.27 bits per heavy atom. The van der Waals surface area contributed by atoms with Crippen molar-refractivity contribution in [1.29, 1.82) is 0 Å². The third-order valence-corrected chi connectivity index (χ3v) is 2.73. The molecule has 0 spiro atoms. The monoisotopic (exact) mass is 202 g/mol. The predicted octanol–water partition coefficient (Wildman–Crippen LogP) is 1.34. The third-order valence-electron chi connectivity index (χ3n) is 2.73. The number of benzene rings is 1. The molecule has 3 heteroatoms. The van der Waals surface area contributed by atoms with E-state index in [9.17, 15) is 4.79 Å². The topological polar surface area (TPSA) is 46.3 Å². The van der Waals surface area contributed by atoms with E-state index < -0.39 is 0 Å². The fourth-order valence-electron chi connectivity index (χ4n) is 1.89. The number of nitrogens with two attached hydrogens (primary N) is 1. The Morgan fingerprint density at radius 1 is 1.47 bits per heavy atom. The molecule has 0 bridgehead atoms. The molecule has 3 nitrogen and oxygen atoms in total. The highest BCUT2D eigenvalue weighted by Crippen LogP contribution is 2.21. The molecule has 1 amide bonds. The first-order valence-electron chi connectivity index (χ1n) is 4.99. The smallest absolute Gasteiger partial charge is 0.246 e. The molecule has 0 aromatic heterocycles. The Labute approximate surface area is 89.2 Å². The number of fused-ring (bicyclic) bond motifs is 1. The van der Waals surface area contributed by atoms with Gasteiger partial charge in [-0.05, 0) is 35.8 Å². The van der Waals surface area contributed by atoms with E-state index in [1.165, 1.54) is 11.6 Å². The van der Waals surface area contributed by atoms with Crippen LogP contribution in [0, 0.1) is 0 Å². The van der Waals surface area contributed by atoms with Crippen molar-refractivity contribution < 1.29 is 4.79 Å². The van der Waals surface area contributed by atoms with E-state index in [1.54, 1.807) is 4.90 Å². The predicted molar refractivity (Wildman–Crippen MR) is 60.2 cm³/mol. The van der Waals surface area contributed by atoms with Gasteiger partial charge in [0.2, 0.25) is 5.91 Å². The second-order valence-corrected chi connectivity index (χ2v) is 3.74. The summed E-state index contributed by atoms with van der Waals surface area (Å²) in [5, 5.41) is 0. The molecule has 0 radical (unpaired) electrons. The van der Waals surface area contributed by atoms with E-state index in [2.05, 4.69) is 6.58 Å². The van der Waals surface area contributed by atoms with Gasteiger partial charge >= 0.3 is 0 Å². The van der Waals surface area contributed by atoms with Gasteiger partial charge in [0.1, 0.15) is 0 Å². The van der Waals surface area contributed by atoms with Crippen molar-refractivity contribution in [2.24, 2.45) is 0 Å². The van der Waals surface area contributed by atoms with Crippen LogP contribution in [0.4, 0.5) is 5.69 Å². The van der Waals surface area contributed by atoms with E-state index in [4.69, 9.17) is 5.73 Å². The SMILES string of the molecule is C=CC(=O)N1CCc2ccc(N)cc2C1. The first-order chi connectivity index (χ1) is 7.20. The summed E-state index contributed by atoms with van der Waals surface area (Å²) in [5.74, 6) is -0.0110. The molecule has 1 heterocycles. The number of rotatable bonds is 1. The van der Waals surface area contributed by atoms with Crippen molar-refractivity contribution in [3.63, 3.8) is 0 Å². The van der Waals surface area contributed by atoms with Crippen LogP contribution in [-0.4, -0.2) is 17.4 Å². The maximum absolute atomic E-state index is 11.4. The van der Waals surface area contributed by atoms with Crippen LogP contribution in [0.15, 0.2) is 30.9 Å². The molecule has 0 fully saturated rings. The highest BCUT2D eigenvalue weighted by molar-refractivity contribution is 5.87. The van der Waals surface area contributed by atoms with E-state index in [0.717, 1.165) is 24.2 Å². The average molecular weight is 202 g/mol. The number of nitrogens with zero attached hydrogens (tertiary/aromatic N) is 1. The first-order valence-corrected chi connectivity index (χ1v) is 4.99. The van der Waals surface area contributed by atoms with Crippen LogP contribution in [0.2, 0.25) is 0 Å². The summed E-state index contributed by atoms with van der Waals surface area (Å²) in [6.07, 6.45) is 2.26. The van der Waals surface area contributed by atoms with Crippen LogP contribution in [0.1, 0.15) is 11.1 Å². The van der Waals surface area contributed by atoms with Crippen LogP contribution in [-0.2, 0) is 17.8 Å². The number of hydrogen-bond donors (Lipinski definition) is 1. The lowest BCUT2D eigenvalue weighted by Gasteiger charge is -2.28. The summed E-state index contributed by atoms with van der Waals surface area (Å²) in [4.78, 5) is 13.2. The number of nitrogen functional groups attached to an aromatic ring is 1. The van der Waals surface area contributed by atoms with Gasteiger partial charge in [0, 0.05) is 18.8 Å². The Bertz CT molecular complexity index is 412. The summed E-state index contributed by atoms with van der Waals surface area (Å²) in [7, 11) is 0.